The Hall–Kier alpha value is -3.40. The second-order valence-corrected chi connectivity index (χ2v) is 5.24. The number of allylic oxidation sites excluding steroid dienone is 2. The van der Waals surface area contributed by atoms with Crippen molar-refractivity contribution in [3.05, 3.63) is 85.3 Å². The first-order valence-corrected chi connectivity index (χ1v) is 7.99. The van der Waals surface area contributed by atoms with E-state index < -0.39 is 0 Å². The van der Waals surface area contributed by atoms with Gasteiger partial charge in [0.1, 0.15) is 0 Å². The van der Waals surface area contributed by atoms with Gasteiger partial charge in [-0.05, 0) is 6.92 Å². The maximum Gasteiger partial charge on any atom is 0.165 e. The number of hydrogen-bond acceptors (Lipinski definition) is 4. The molecule has 0 saturated carbocycles. The van der Waals surface area contributed by atoms with Crippen LogP contribution in [0.25, 0.3) is 28.3 Å². The van der Waals surface area contributed by atoms with Crippen molar-refractivity contribution in [2.45, 2.75) is 6.92 Å². The van der Waals surface area contributed by atoms with E-state index in [1.54, 1.807) is 6.21 Å². The van der Waals surface area contributed by atoms with E-state index in [1.165, 1.54) is 6.20 Å². The van der Waals surface area contributed by atoms with E-state index in [4.69, 9.17) is 0 Å². The molecule has 4 heteroatoms. The van der Waals surface area contributed by atoms with Crippen LogP contribution in [-0.4, -0.2) is 21.2 Å². The molecular weight excluding hydrogens is 308 g/mol. The molecule has 0 bridgehead atoms. The minimum atomic E-state index is 0.584. The first-order valence-electron chi connectivity index (χ1n) is 7.99. The second kappa shape index (κ2) is 7.93. The summed E-state index contributed by atoms with van der Waals surface area (Å²) < 4.78 is 0. The summed E-state index contributed by atoms with van der Waals surface area (Å²) in [5, 5.41) is 0. The number of nitrogens with zero attached hydrogens (tertiary/aromatic N) is 4. The molecule has 4 nitrogen and oxygen atoms in total. The second-order valence-electron chi connectivity index (χ2n) is 5.24. The molecule has 0 aliphatic heterocycles. The van der Waals surface area contributed by atoms with Gasteiger partial charge in [0.15, 0.2) is 17.5 Å². The molecule has 0 N–H and O–H groups in total. The van der Waals surface area contributed by atoms with E-state index in [9.17, 15) is 0 Å². The van der Waals surface area contributed by atoms with Crippen molar-refractivity contribution in [2.75, 3.05) is 0 Å². The van der Waals surface area contributed by atoms with E-state index in [1.807, 2.05) is 73.7 Å². The summed E-state index contributed by atoms with van der Waals surface area (Å²) in [4.78, 5) is 18.0. The Balaban J connectivity index is 2.18. The predicted octanol–water partition coefficient (Wildman–Crippen LogP) is 4.82. The lowest BCUT2D eigenvalue weighted by atomic mass is 10.1. The Morgan fingerprint density at radius 3 is 1.80 bits per heavy atom. The monoisotopic (exact) mass is 326 g/mol. The first kappa shape index (κ1) is 16.5. The number of benzene rings is 2. The normalized spacial score (nSPS) is 11.6. The summed E-state index contributed by atoms with van der Waals surface area (Å²) in [5.74, 6) is 1.85. The highest BCUT2D eigenvalue weighted by molar-refractivity contribution is 6.08. The number of aliphatic imine (C=N–C) groups is 1. The van der Waals surface area contributed by atoms with Crippen molar-refractivity contribution in [2.24, 2.45) is 4.99 Å². The molecule has 0 saturated heterocycles. The van der Waals surface area contributed by atoms with Gasteiger partial charge in [0, 0.05) is 29.1 Å². The van der Waals surface area contributed by atoms with Crippen molar-refractivity contribution in [3.63, 3.8) is 0 Å². The lowest BCUT2D eigenvalue weighted by Crippen LogP contribution is -2.03. The standard InChI is InChI=1S/C21H18N4/c1-3-16(15-22-4-2)19-23-20(17-11-7-5-8-12-17)25-21(24-19)18-13-9-6-10-14-18/h3-15H,2H2,1H3/b16-3+,22-15?. The van der Waals surface area contributed by atoms with Gasteiger partial charge in [0.05, 0.1) is 0 Å². The summed E-state index contributed by atoms with van der Waals surface area (Å²) in [6.45, 7) is 5.54. The highest BCUT2D eigenvalue weighted by Crippen LogP contribution is 2.22. The van der Waals surface area contributed by atoms with Gasteiger partial charge >= 0.3 is 0 Å². The molecule has 1 aromatic heterocycles. The molecule has 0 radical (unpaired) electrons. The quantitative estimate of drug-likeness (QED) is 0.631. The highest BCUT2D eigenvalue weighted by atomic mass is 15.0. The van der Waals surface area contributed by atoms with Gasteiger partial charge in [-0.1, -0.05) is 73.3 Å². The van der Waals surface area contributed by atoms with Crippen molar-refractivity contribution >= 4 is 11.8 Å². The summed E-state index contributed by atoms with van der Waals surface area (Å²) in [5.41, 5.74) is 2.70. The summed E-state index contributed by atoms with van der Waals surface area (Å²) in [6.07, 6.45) is 5.11. The molecule has 0 fully saturated rings. The Labute approximate surface area is 147 Å². The lowest BCUT2D eigenvalue weighted by Gasteiger charge is -2.08. The Morgan fingerprint density at radius 1 is 0.840 bits per heavy atom. The van der Waals surface area contributed by atoms with Gasteiger partial charge in [0.25, 0.3) is 0 Å². The third kappa shape index (κ3) is 3.93. The maximum absolute atomic E-state index is 4.66. The van der Waals surface area contributed by atoms with Crippen LogP contribution in [0.4, 0.5) is 0 Å². The predicted molar refractivity (Wildman–Crippen MR) is 103 cm³/mol. The van der Waals surface area contributed by atoms with Crippen LogP contribution in [0, 0.1) is 0 Å². The number of rotatable bonds is 5. The van der Waals surface area contributed by atoms with E-state index in [0.29, 0.717) is 17.5 Å². The van der Waals surface area contributed by atoms with Crippen molar-refractivity contribution in [1.29, 1.82) is 0 Å². The topological polar surface area (TPSA) is 51.0 Å². The van der Waals surface area contributed by atoms with Crippen LogP contribution in [0.2, 0.25) is 0 Å². The van der Waals surface area contributed by atoms with Crippen molar-refractivity contribution in [1.82, 2.24) is 15.0 Å². The van der Waals surface area contributed by atoms with Crippen LogP contribution >= 0.6 is 0 Å². The zero-order chi connectivity index (χ0) is 17.5. The summed E-state index contributed by atoms with van der Waals surface area (Å²) in [6, 6.07) is 19.8. The van der Waals surface area contributed by atoms with Crippen LogP contribution < -0.4 is 0 Å². The number of hydrogen-bond donors (Lipinski definition) is 0. The molecule has 1 heterocycles. The summed E-state index contributed by atoms with van der Waals surface area (Å²) in [7, 11) is 0. The average molecular weight is 326 g/mol. The zero-order valence-corrected chi connectivity index (χ0v) is 14.0. The molecule has 2 aromatic carbocycles. The fourth-order valence-electron chi connectivity index (χ4n) is 2.33. The van der Waals surface area contributed by atoms with Crippen LogP contribution in [0.5, 0.6) is 0 Å². The molecule has 0 aliphatic rings. The molecular formula is C21H18N4. The molecule has 25 heavy (non-hydrogen) atoms. The summed E-state index contributed by atoms with van der Waals surface area (Å²) >= 11 is 0. The SMILES string of the molecule is C=CN=C/C(=C\C)c1nc(-c2ccccc2)nc(-c2ccccc2)n1. The van der Waals surface area contributed by atoms with Crippen molar-refractivity contribution in [3.8, 4) is 22.8 Å². The highest BCUT2D eigenvalue weighted by Gasteiger charge is 2.12. The molecule has 3 aromatic rings. The molecule has 0 aliphatic carbocycles. The van der Waals surface area contributed by atoms with E-state index >= 15 is 0 Å². The van der Waals surface area contributed by atoms with Crippen LogP contribution in [-0.2, 0) is 0 Å². The smallest absolute Gasteiger partial charge is 0.165 e. The third-order valence-electron chi connectivity index (χ3n) is 3.59. The number of aromatic nitrogens is 3. The Bertz CT molecular complexity index is 855. The largest absolute Gasteiger partial charge is 0.265 e. The van der Waals surface area contributed by atoms with Crippen LogP contribution in [0.15, 0.2) is 84.5 Å². The Morgan fingerprint density at radius 2 is 1.36 bits per heavy atom. The van der Waals surface area contributed by atoms with E-state index in [2.05, 4.69) is 26.5 Å². The zero-order valence-electron chi connectivity index (χ0n) is 14.0. The van der Waals surface area contributed by atoms with Gasteiger partial charge in [-0.3, -0.25) is 4.99 Å². The van der Waals surface area contributed by atoms with Gasteiger partial charge in [0.2, 0.25) is 0 Å². The van der Waals surface area contributed by atoms with Gasteiger partial charge < -0.3 is 0 Å². The lowest BCUT2D eigenvalue weighted by molar-refractivity contribution is 1.04. The van der Waals surface area contributed by atoms with Gasteiger partial charge in [-0.2, -0.15) is 0 Å². The minimum absolute atomic E-state index is 0.584. The van der Waals surface area contributed by atoms with Gasteiger partial charge in [-0.15, -0.1) is 0 Å². The molecule has 122 valence electrons. The molecule has 0 unspecified atom stereocenters. The molecule has 0 spiro atoms. The van der Waals surface area contributed by atoms with E-state index in [0.717, 1.165) is 16.7 Å². The Kier molecular flexibility index (Phi) is 5.22. The van der Waals surface area contributed by atoms with E-state index in [-0.39, 0.29) is 0 Å². The minimum Gasteiger partial charge on any atom is -0.265 e. The van der Waals surface area contributed by atoms with Crippen LogP contribution in [0.3, 0.4) is 0 Å². The molecule has 0 amide bonds. The fraction of sp³-hybridized carbons (Fsp3) is 0.0476. The fourth-order valence-corrected chi connectivity index (χ4v) is 2.33. The van der Waals surface area contributed by atoms with Crippen LogP contribution in [0.1, 0.15) is 12.7 Å². The van der Waals surface area contributed by atoms with Crippen molar-refractivity contribution < 1.29 is 0 Å². The average Bonchev–Trinajstić information content (AvgIpc) is 2.70. The maximum atomic E-state index is 4.66. The third-order valence-corrected chi connectivity index (χ3v) is 3.59. The molecule has 3 rings (SSSR count). The molecule has 0 atom stereocenters. The van der Waals surface area contributed by atoms with Gasteiger partial charge in [-0.25, -0.2) is 15.0 Å². The first-order chi connectivity index (χ1) is 12.3.